The van der Waals surface area contributed by atoms with Gasteiger partial charge in [0.25, 0.3) is 5.91 Å². The summed E-state index contributed by atoms with van der Waals surface area (Å²) in [7, 11) is 0. The van der Waals surface area contributed by atoms with E-state index in [9.17, 15) is 4.79 Å². The molecule has 0 bridgehead atoms. The number of carbonyl (C=O) groups excluding carboxylic acids is 1. The SMILES string of the molecule is CC#CC(=O)NCCCC(C)CO. The zero-order valence-corrected chi connectivity index (χ0v) is 8.26. The van der Waals surface area contributed by atoms with Crippen molar-refractivity contribution in [2.24, 2.45) is 5.92 Å². The number of amides is 1. The van der Waals surface area contributed by atoms with Gasteiger partial charge >= 0.3 is 0 Å². The Morgan fingerprint density at radius 1 is 1.62 bits per heavy atom. The first-order valence-electron chi connectivity index (χ1n) is 4.52. The molecule has 13 heavy (non-hydrogen) atoms. The van der Waals surface area contributed by atoms with E-state index < -0.39 is 0 Å². The first-order valence-corrected chi connectivity index (χ1v) is 4.52. The van der Waals surface area contributed by atoms with Crippen molar-refractivity contribution in [3.63, 3.8) is 0 Å². The summed E-state index contributed by atoms with van der Waals surface area (Å²) in [6, 6.07) is 0. The highest BCUT2D eigenvalue weighted by Crippen LogP contribution is 2.02. The van der Waals surface area contributed by atoms with E-state index >= 15 is 0 Å². The summed E-state index contributed by atoms with van der Waals surface area (Å²) in [5.41, 5.74) is 0. The van der Waals surface area contributed by atoms with Crippen LogP contribution in [0, 0.1) is 17.8 Å². The van der Waals surface area contributed by atoms with Gasteiger partial charge in [0.15, 0.2) is 0 Å². The molecule has 3 nitrogen and oxygen atoms in total. The van der Waals surface area contributed by atoms with Gasteiger partial charge in [-0.15, -0.1) is 0 Å². The lowest BCUT2D eigenvalue weighted by molar-refractivity contribution is -0.115. The molecule has 74 valence electrons. The highest BCUT2D eigenvalue weighted by atomic mass is 16.3. The van der Waals surface area contributed by atoms with Crippen LogP contribution in [0.4, 0.5) is 0 Å². The number of aliphatic hydroxyl groups is 1. The fourth-order valence-corrected chi connectivity index (χ4v) is 0.901. The maximum Gasteiger partial charge on any atom is 0.295 e. The van der Waals surface area contributed by atoms with Crippen molar-refractivity contribution in [1.82, 2.24) is 5.32 Å². The van der Waals surface area contributed by atoms with E-state index in [0.29, 0.717) is 12.5 Å². The van der Waals surface area contributed by atoms with Gasteiger partial charge in [0.05, 0.1) is 0 Å². The highest BCUT2D eigenvalue weighted by molar-refractivity contribution is 5.93. The predicted molar refractivity (Wildman–Crippen MR) is 51.9 cm³/mol. The molecule has 0 aliphatic heterocycles. The first-order chi connectivity index (χ1) is 6.20. The number of hydrogen-bond acceptors (Lipinski definition) is 2. The van der Waals surface area contributed by atoms with Crippen LogP contribution in [0.15, 0.2) is 0 Å². The van der Waals surface area contributed by atoms with Gasteiger partial charge in [-0.2, -0.15) is 0 Å². The average molecular weight is 183 g/mol. The first kappa shape index (κ1) is 12.0. The Morgan fingerprint density at radius 3 is 2.85 bits per heavy atom. The minimum atomic E-state index is -0.223. The molecule has 1 atom stereocenters. The number of hydrogen-bond donors (Lipinski definition) is 2. The Morgan fingerprint density at radius 2 is 2.31 bits per heavy atom. The van der Waals surface area contributed by atoms with Gasteiger partial charge < -0.3 is 10.4 Å². The van der Waals surface area contributed by atoms with Crippen LogP contribution in [-0.4, -0.2) is 24.2 Å². The summed E-state index contributed by atoms with van der Waals surface area (Å²) < 4.78 is 0. The van der Waals surface area contributed by atoms with E-state index in [4.69, 9.17) is 5.11 Å². The highest BCUT2D eigenvalue weighted by Gasteiger charge is 1.99. The zero-order valence-electron chi connectivity index (χ0n) is 8.26. The summed E-state index contributed by atoms with van der Waals surface area (Å²) in [5, 5.41) is 11.4. The molecule has 1 amide bonds. The van der Waals surface area contributed by atoms with Gasteiger partial charge in [-0.1, -0.05) is 12.8 Å². The Bertz CT molecular complexity index is 203. The van der Waals surface area contributed by atoms with E-state index in [1.807, 2.05) is 6.92 Å². The van der Waals surface area contributed by atoms with E-state index in [1.54, 1.807) is 6.92 Å². The summed E-state index contributed by atoms with van der Waals surface area (Å²) in [5.74, 6) is 5.02. The molecule has 0 fully saturated rings. The standard InChI is InChI=1S/C10H17NO2/c1-3-5-10(13)11-7-4-6-9(2)8-12/h9,12H,4,6-8H2,1-2H3,(H,11,13). The number of rotatable bonds is 5. The molecule has 0 aliphatic carbocycles. The maximum absolute atomic E-state index is 10.8. The maximum atomic E-state index is 10.8. The van der Waals surface area contributed by atoms with Gasteiger partial charge in [-0.05, 0) is 31.6 Å². The molecule has 0 aromatic heterocycles. The molecule has 0 aromatic rings. The quantitative estimate of drug-likeness (QED) is 0.482. The Labute approximate surface area is 79.5 Å². The lowest BCUT2D eigenvalue weighted by Crippen LogP contribution is -2.23. The molecule has 3 heteroatoms. The van der Waals surface area contributed by atoms with E-state index in [0.717, 1.165) is 12.8 Å². The molecule has 2 N–H and O–H groups in total. The molecule has 0 saturated carbocycles. The van der Waals surface area contributed by atoms with Crippen LogP contribution in [0.1, 0.15) is 26.7 Å². The second-order valence-electron chi connectivity index (χ2n) is 3.06. The van der Waals surface area contributed by atoms with Crippen molar-refractivity contribution in [2.75, 3.05) is 13.2 Å². The molecule has 0 heterocycles. The lowest BCUT2D eigenvalue weighted by Gasteiger charge is -2.06. The van der Waals surface area contributed by atoms with E-state index in [2.05, 4.69) is 17.2 Å². The molecule has 0 spiro atoms. The fourth-order valence-electron chi connectivity index (χ4n) is 0.901. The van der Waals surface area contributed by atoms with Crippen LogP contribution in [0.25, 0.3) is 0 Å². The van der Waals surface area contributed by atoms with Crippen LogP contribution in [0.3, 0.4) is 0 Å². The average Bonchev–Trinajstić information content (AvgIpc) is 2.12. The van der Waals surface area contributed by atoms with Crippen molar-refractivity contribution in [1.29, 1.82) is 0 Å². The van der Waals surface area contributed by atoms with Crippen molar-refractivity contribution in [3.05, 3.63) is 0 Å². The van der Waals surface area contributed by atoms with Gasteiger partial charge in [-0.25, -0.2) is 0 Å². The smallest absolute Gasteiger partial charge is 0.295 e. The molecular formula is C10H17NO2. The van der Waals surface area contributed by atoms with Gasteiger partial charge in [-0.3, -0.25) is 4.79 Å². The fraction of sp³-hybridized carbons (Fsp3) is 0.700. The van der Waals surface area contributed by atoms with Gasteiger partial charge in [0.2, 0.25) is 0 Å². The van der Waals surface area contributed by atoms with Crippen LogP contribution < -0.4 is 5.32 Å². The number of nitrogens with one attached hydrogen (secondary N) is 1. The molecule has 0 aliphatic rings. The van der Waals surface area contributed by atoms with Crippen molar-refractivity contribution in [2.45, 2.75) is 26.7 Å². The molecule has 0 radical (unpaired) electrons. The van der Waals surface area contributed by atoms with Crippen LogP contribution in [0.5, 0.6) is 0 Å². The molecule has 0 rings (SSSR count). The minimum absolute atomic E-state index is 0.211. The molecular weight excluding hydrogens is 166 g/mol. The largest absolute Gasteiger partial charge is 0.396 e. The van der Waals surface area contributed by atoms with Gasteiger partial charge in [0.1, 0.15) is 0 Å². The van der Waals surface area contributed by atoms with Crippen molar-refractivity contribution in [3.8, 4) is 11.8 Å². The topological polar surface area (TPSA) is 49.3 Å². The van der Waals surface area contributed by atoms with Crippen LogP contribution >= 0.6 is 0 Å². The van der Waals surface area contributed by atoms with E-state index in [1.165, 1.54) is 0 Å². The monoisotopic (exact) mass is 183 g/mol. The van der Waals surface area contributed by atoms with Crippen LogP contribution in [0.2, 0.25) is 0 Å². The third-order valence-corrected chi connectivity index (χ3v) is 1.71. The normalized spacial score (nSPS) is 11.3. The molecule has 0 saturated heterocycles. The third-order valence-electron chi connectivity index (χ3n) is 1.71. The second kappa shape index (κ2) is 7.63. The number of aliphatic hydroxyl groups excluding tert-OH is 1. The van der Waals surface area contributed by atoms with Crippen LogP contribution in [-0.2, 0) is 4.79 Å². The zero-order chi connectivity index (χ0) is 10.1. The van der Waals surface area contributed by atoms with Gasteiger partial charge in [0, 0.05) is 13.2 Å². The number of carbonyl (C=O) groups is 1. The summed E-state index contributed by atoms with van der Waals surface area (Å²) in [4.78, 5) is 10.8. The Balaban J connectivity index is 3.34. The summed E-state index contributed by atoms with van der Waals surface area (Å²) in [6.45, 7) is 4.46. The Hall–Kier alpha value is -1.01. The second-order valence-corrected chi connectivity index (χ2v) is 3.06. The summed E-state index contributed by atoms with van der Waals surface area (Å²) >= 11 is 0. The summed E-state index contributed by atoms with van der Waals surface area (Å²) in [6.07, 6.45) is 1.81. The predicted octanol–water partition coefficient (Wildman–Crippen LogP) is 0.534. The van der Waals surface area contributed by atoms with Crippen molar-refractivity contribution < 1.29 is 9.90 Å². The lowest BCUT2D eigenvalue weighted by atomic mass is 10.1. The third kappa shape index (κ3) is 7.35. The van der Waals surface area contributed by atoms with Crippen molar-refractivity contribution >= 4 is 5.91 Å². The molecule has 0 aromatic carbocycles. The van der Waals surface area contributed by atoms with E-state index in [-0.39, 0.29) is 12.5 Å². The minimum Gasteiger partial charge on any atom is -0.396 e. The molecule has 1 unspecified atom stereocenters. The Kier molecular flexibility index (Phi) is 7.04.